The number of rotatable bonds is 9. The van der Waals surface area contributed by atoms with E-state index >= 15 is 0 Å². The smallest absolute Gasteiger partial charge is 0.239 e. The summed E-state index contributed by atoms with van der Waals surface area (Å²) >= 11 is 12.4. The summed E-state index contributed by atoms with van der Waals surface area (Å²) in [6.07, 6.45) is 4.49. The second-order valence-electron chi connectivity index (χ2n) is 8.28. The average molecular weight is 537 g/mol. The van der Waals surface area contributed by atoms with Crippen molar-refractivity contribution in [1.29, 1.82) is 0 Å². The fraction of sp³-hybridized carbons (Fsp3) is 0.320. The Bertz CT molecular complexity index is 1110. The summed E-state index contributed by atoms with van der Waals surface area (Å²) in [7, 11) is 1.64. The lowest BCUT2D eigenvalue weighted by molar-refractivity contribution is -0.119. The van der Waals surface area contributed by atoms with Crippen LogP contribution in [-0.4, -0.2) is 54.1 Å². The highest BCUT2D eigenvalue weighted by atomic mass is 35.5. The molecule has 1 saturated heterocycles. The molecule has 4 rings (SSSR count). The first-order valence-electron chi connectivity index (χ1n) is 11.1. The molecular weight excluding hydrogens is 509 g/mol. The van der Waals surface area contributed by atoms with Gasteiger partial charge in [-0.15, -0.1) is 12.4 Å². The van der Waals surface area contributed by atoms with Crippen LogP contribution in [0.2, 0.25) is 10.0 Å². The first-order chi connectivity index (χ1) is 16.5. The zero-order valence-corrected chi connectivity index (χ0v) is 21.7. The molecule has 1 aromatic heterocycles. The van der Waals surface area contributed by atoms with Crippen LogP contribution in [0.1, 0.15) is 12.0 Å². The molecule has 0 spiro atoms. The summed E-state index contributed by atoms with van der Waals surface area (Å²) in [5, 5.41) is 7.18. The summed E-state index contributed by atoms with van der Waals surface area (Å²) in [6.45, 7) is 3.39. The first-order valence-corrected chi connectivity index (χ1v) is 11.9. The number of anilines is 1. The van der Waals surface area contributed by atoms with Crippen molar-refractivity contribution in [3.05, 3.63) is 70.5 Å². The maximum atomic E-state index is 12.3. The van der Waals surface area contributed by atoms with Gasteiger partial charge in [0.15, 0.2) is 0 Å². The van der Waals surface area contributed by atoms with E-state index in [1.54, 1.807) is 25.6 Å². The number of hydrogen-bond acceptors (Lipinski definition) is 6. The van der Waals surface area contributed by atoms with Gasteiger partial charge in [-0.1, -0.05) is 47.5 Å². The number of likely N-dealkylation sites (tertiary alicyclic amines) is 1. The number of amides is 1. The van der Waals surface area contributed by atoms with Gasteiger partial charge in [0, 0.05) is 37.6 Å². The zero-order valence-electron chi connectivity index (χ0n) is 19.3. The molecule has 0 radical (unpaired) electrons. The normalized spacial score (nSPS) is 15.3. The van der Waals surface area contributed by atoms with Gasteiger partial charge >= 0.3 is 0 Å². The summed E-state index contributed by atoms with van der Waals surface area (Å²) in [5.74, 6) is 1.53. The molecule has 10 heteroatoms. The Kier molecular flexibility index (Phi) is 9.98. The Hall–Kier alpha value is -2.58. The van der Waals surface area contributed by atoms with Crippen LogP contribution in [0.25, 0.3) is 11.1 Å². The molecule has 2 aromatic carbocycles. The lowest BCUT2D eigenvalue weighted by Gasteiger charge is -2.17. The predicted octanol–water partition coefficient (Wildman–Crippen LogP) is 4.93. The standard InChI is InChI=1S/C25H27Cl2N5O2.ClH/c1-34-21-7-5-18(6-8-21)20-12-29-25(30-13-20)31-14-23(33)28-11-17-9-10-32(15-17)16-19-3-2-4-22(26)24(19)27;/h2-8,12-13,17H,9-11,14-16H2,1H3,(H,28,33)(H,29,30,31);1H. The molecule has 2 heterocycles. The first kappa shape index (κ1) is 27.0. The largest absolute Gasteiger partial charge is 0.497 e. The Morgan fingerprint density at radius 3 is 2.57 bits per heavy atom. The van der Waals surface area contributed by atoms with E-state index in [-0.39, 0.29) is 24.9 Å². The summed E-state index contributed by atoms with van der Waals surface area (Å²) in [6, 6.07) is 13.4. The lowest BCUT2D eigenvalue weighted by Crippen LogP contribution is -2.35. The fourth-order valence-electron chi connectivity index (χ4n) is 3.97. The molecule has 1 aliphatic rings. The highest BCUT2D eigenvalue weighted by Crippen LogP contribution is 2.28. The van der Waals surface area contributed by atoms with Gasteiger partial charge in [-0.2, -0.15) is 0 Å². The minimum Gasteiger partial charge on any atom is -0.497 e. The second kappa shape index (κ2) is 12.9. The number of benzene rings is 2. The third kappa shape index (κ3) is 7.45. The van der Waals surface area contributed by atoms with Gasteiger partial charge in [0.25, 0.3) is 0 Å². The van der Waals surface area contributed by atoms with Crippen LogP contribution in [0.4, 0.5) is 5.95 Å². The highest BCUT2D eigenvalue weighted by molar-refractivity contribution is 6.42. The Labute approximate surface area is 221 Å². The summed E-state index contributed by atoms with van der Waals surface area (Å²) in [5.41, 5.74) is 2.91. The maximum Gasteiger partial charge on any atom is 0.239 e. The fourth-order valence-corrected chi connectivity index (χ4v) is 4.35. The van der Waals surface area contributed by atoms with Crippen LogP contribution in [0.3, 0.4) is 0 Å². The van der Waals surface area contributed by atoms with Crippen LogP contribution in [0.5, 0.6) is 5.75 Å². The van der Waals surface area contributed by atoms with Gasteiger partial charge in [-0.25, -0.2) is 9.97 Å². The summed E-state index contributed by atoms with van der Waals surface area (Å²) < 4.78 is 5.18. The Balaban J connectivity index is 0.00000342. The molecule has 0 aliphatic carbocycles. The molecule has 3 aromatic rings. The Morgan fingerprint density at radius 2 is 1.86 bits per heavy atom. The molecule has 1 unspecified atom stereocenters. The molecule has 1 atom stereocenters. The second-order valence-corrected chi connectivity index (χ2v) is 9.07. The minimum atomic E-state index is -0.0841. The molecule has 1 aliphatic heterocycles. The molecule has 0 saturated carbocycles. The maximum absolute atomic E-state index is 12.3. The van der Waals surface area contributed by atoms with E-state index in [4.69, 9.17) is 27.9 Å². The van der Waals surface area contributed by atoms with Crippen LogP contribution in [-0.2, 0) is 11.3 Å². The minimum absolute atomic E-state index is 0. The lowest BCUT2D eigenvalue weighted by atomic mass is 10.1. The monoisotopic (exact) mass is 535 g/mol. The van der Waals surface area contributed by atoms with E-state index in [2.05, 4.69) is 25.5 Å². The van der Waals surface area contributed by atoms with Crippen molar-refractivity contribution >= 4 is 47.5 Å². The van der Waals surface area contributed by atoms with Gasteiger partial charge in [0.05, 0.1) is 23.7 Å². The van der Waals surface area contributed by atoms with Crippen molar-refractivity contribution in [1.82, 2.24) is 20.2 Å². The molecule has 2 N–H and O–H groups in total. The number of ether oxygens (including phenoxy) is 1. The Morgan fingerprint density at radius 1 is 1.11 bits per heavy atom. The van der Waals surface area contributed by atoms with Crippen molar-refractivity contribution in [2.75, 3.05) is 38.6 Å². The summed E-state index contributed by atoms with van der Waals surface area (Å²) in [4.78, 5) is 23.2. The highest BCUT2D eigenvalue weighted by Gasteiger charge is 2.23. The van der Waals surface area contributed by atoms with Crippen molar-refractivity contribution < 1.29 is 9.53 Å². The number of hydrogen-bond donors (Lipinski definition) is 2. The number of halogens is 3. The van der Waals surface area contributed by atoms with Crippen LogP contribution in [0.15, 0.2) is 54.9 Å². The number of carbonyl (C=O) groups excluding carboxylic acids is 1. The van der Waals surface area contributed by atoms with Gasteiger partial charge in [0.2, 0.25) is 11.9 Å². The van der Waals surface area contributed by atoms with E-state index < -0.39 is 0 Å². The molecule has 1 fully saturated rings. The van der Waals surface area contributed by atoms with Crippen LogP contribution < -0.4 is 15.4 Å². The third-order valence-corrected chi connectivity index (χ3v) is 6.72. The molecular formula is C25H28Cl3N5O2. The molecule has 186 valence electrons. The van der Waals surface area contributed by atoms with Crippen LogP contribution in [0, 0.1) is 5.92 Å². The predicted molar refractivity (Wildman–Crippen MR) is 143 cm³/mol. The van der Waals surface area contributed by atoms with Gasteiger partial charge < -0.3 is 15.4 Å². The van der Waals surface area contributed by atoms with Crippen molar-refractivity contribution in [2.24, 2.45) is 5.92 Å². The third-order valence-electron chi connectivity index (χ3n) is 5.87. The van der Waals surface area contributed by atoms with E-state index in [9.17, 15) is 4.79 Å². The topological polar surface area (TPSA) is 79.4 Å². The van der Waals surface area contributed by atoms with Crippen molar-refractivity contribution in [3.8, 4) is 16.9 Å². The van der Waals surface area contributed by atoms with Gasteiger partial charge in [-0.3, -0.25) is 9.69 Å². The molecule has 0 bridgehead atoms. The molecule has 35 heavy (non-hydrogen) atoms. The molecule has 1 amide bonds. The average Bonchev–Trinajstić information content (AvgIpc) is 3.32. The van der Waals surface area contributed by atoms with Gasteiger partial charge in [-0.05, 0) is 48.2 Å². The van der Waals surface area contributed by atoms with Crippen molar-refractivity contribution in [3.63, 3.8) is 0 Å². The quantitative estimate of drug-likeness (QED) is 0.404. The van der Waals surface area contributed by atoms with Crippen LogP contribution >= 0.6 is 35.6 Å². The van der Waals surface area contributed by atoms with E-state index in [0.29, 0.717) is 28.5 Å². The number of carbonyl (C=O) groups is 1. The zero-order chi connectivity index (χ0) is 23.9. The number of nitrogens with zero attached hydrogens (tertiary/aromatic N) is 3. The number of nitrogens with one attached hydrogen (secondary N) is 2. The van der Waals surface area contributed by atoms with E-state index in [1.807, 2.05) is 36.4 Å². The SMILES string of the molecule is COc1ccc(-c2cnc(NCC(=O)NCC3CCN(Cc4cccc(Cl)c4Cl)C3)nc2)cc1.Cl. The molecule has 7 nitrogen and oxygen atoms in total. The van der Waals surface area contributed by atoms with Gasteiger partial charge in [0.1, 0.15) is 5.75 Å². The number of aromatic nitrogens is 2. The number of methoxy groups -OCH3 is 1. The van der Waals surface area contributed by atoms with Crippen molar-refractivity contribution in [2.45, 2.75) is 13.0 Å². The van der Waals surface area contributed by atoms with E-state index in [1.165, 1.54) is 0 Å². The van der Waals surface area contributed by atoms with E-state index in [0.717, 1.165) is 48.5 Å².